The molecule has 0 aliphatic heterocycles. The molecule has 2 N–H and O–H groups in total. The van der Waals surface area contributed by atoms with Gasteiger partial charge >= 0.3 is 5.97 Å². The van der Waals surface area contributed by atoms with E-state index in [9.17, 15) is 9.90 Å². The standard InChI is InChI=1S/C14H15NO4/c1-8-13(9(2)19-3)10(4-5-12(16)17)6-11(7-15)14(8)18/h4-6,9,18H,1-3H3,(H,16,17)/b5-4+. The van der Waals surface area contributed by atoms with E-state index in [1.165, 1.54) is 19.3 Å². The summed E-state index contributed by atoms with van der Waals surface area (Å²) >= 11 is 0. The van der Waals surface area contributed by atoms with Crippen LogP contribution >= 0.6 is 0 Å². The van der Waals surface area contributed by atoms with E-state index in [-0.39, 0.29) is 17.4 Å². The molecular formula is C14H15NO4. The Labute approximate surface area is 111 Å². The first-order valence-electron chi connectivity index (χ1n) is 5.62. The number of nitrogens with zero attached hydrogens (tertiary/aromatic N) is 1. The highest BCUT2D eigenvalue weighted by atomic mass is 16.5. The van der Waals surface area contributed by atoms with Crippen LogP contribution in [0.25, 0.3) is 6.08 Å². The number of hydrogen-bond donors (Lipinski definition) is 2. The Morgan fingerprint density at radius 2 is 2.21 bits per heavy atom. The molecule has 1 aromatic carbocycles. The molecule has 0 spiro atoms. The summed E-state index contributed by atoms with van der Waals surface area (Å²) in [5.41, 5.74) is 1.83. The average molecular weight is 261 g/mol. The Balaban J connectivity index is 3.53. The Morgan fingerprint density at radius 3 is 2.68 bits per heavy atom. The van der Waals surface area contributed by atoms with Gasteiger partial charge < -0.3 is 14.9 Å². The fraction of sp³-hybridized carbons (Fsp3) is 0.286. The first-order valence-corrected chi connectivity index (χ1v) is 5.62. The van der Waals surface area contributed by atoms with Gasteiger partial charge in [0.25, 0.3) is 0 Å². The minimum atomic E-state index is -1.08. The summed E-state index contributed by atoms with van der Waals surface area (Å²) in [5.74, 6) is -1.19. The number of phenols is 1. The van der Waals surface area contributed by atoms with Crippen LogP contribution in [-0.2, 0) is 9.53 Å². The fourth-order valence-electron chi connectivity index (χ4n) is 1.89. The zero-order valence-electron chi connectivity index (χ0n) is 11.0. The zero-order valence-corrected chi connectivity index (χ0v) is 11.0. The van der Waals surface area contributed by atoms with Gasteiger partial charge in [0, 0.05) is 13.2 Å². The molecule has 0 fully saturated rings. The molecule has 0 saturated carbocycles. The van der Waals surface area contributed by atoms with Crippen LogP contribution in [0.4, 0.5) is 0 Å². The predicted molar refractivity (Wildman–Crippen MR) is 69.7 cm³/mol. The Bertz CT molecular complexity index is 570. The summed E-state index contributed by atoms with van der Waals surface area (Å²) < 4.78 is 5.22. The maximum absolute atomic E-state index is 10.6. The number of phenolic OH excluding ortho intramolecular Hbond substituents is 1. The second-order valence-corrected chi connectivity index (χ2v) is 4.06. The van der Waals surface area contributed by atoms with Crippen LogP contribution < -0.4 is 0 Å². The number of methoxy groups -OCH3 is 1. The lowest BCUT2D eigenvalue weighted by molar-refractivity contribution is -0.131. The molecule has 1 unspecified atom stereocenters. The molecule has 1 aromatic rings. The third-order valence-corrected chi connectivity index (χ3v) is 2.91. The summed E-state index contributed by atoms with van der Waals surface area (Å²) in [6.45, 7) is 3.45. The summed E-state index contributed by atoms with van der Waals surface area (Å²) in [6.07, 6.45) is 2.05. The number of nitriles is 1. The van der Waals surface area contributed by atoms with Gasteiger partial charge in [0.05, 0.1) is 11.7 Å². The molecule has 5 heteroatoms. The molecule has 0 radical (unpaired) electrons. The number of rotatable bonds is 4. The average Bonchev–Trinajstić information content (AvgIpc) is 2.38. The van der Waals surface area contributed by atoms with Gasteiger partial charge in [-0.15, -0.1) is 0 Å². The lowest BCUT2D eigenvalue weighted by Crippen LogP contribution is -2.03. The van der Waals surface area contributed by atoms with Crippen molar-refractivity contribution in [2.24, 2.45) is 0 Å². The monoisotopic (exact) mass is 261 g/mol. The normalized spacial score (nSPS) is 12.3. The van der Waals surface area contributed by atoms with Crippen LogP contribution in [0, 0.1) is 18.3 Å². The molecular weight excluding hydrogens is 246 g/mol. The summed E-state index contributed by atoms with van der Waals surface area (Å²) in [6, 6.07) is 3.33. The second kappa shape index (κ2) is 6.03. The van der Waals surface area contributed by atoms with Crippen molar-refractivity contribution in [3.63, 3.8) is 0 Å². The molecule has 0 saturated heterocycles. The Kier molecular flexibility index (Phi) is 4.67. The smallest absolute Gasteiger partial charge is 0.328 e. The van der Waals surface area contributed by atoms with Crippen molar-refractivity contribution in [3.8, 4) is 11.8 Å². The third-order valence-electron chi connectivity index (χ3n) is 2.91. The third kappa shape index (κ3) is 3.12. The quantitative estimate of drug-likeness (QED) is 0.812. The van der Waals surface area contributed by atoms with Crippen LogP contribution in [0.1, 0.15) is 35.3 Å². The SMILES string of the molecule is COC(C)c1c(/C=C/C(=O)O)cc(C#N)c(O)c1C. The van der Waals surface area contributed by atoms with Crippen LogP contribution in [0.2, 0.25) is 0 Å². The second-order valence-electron chi connectivity index (χ2n) is 4.06. The zero-order chi connectivity index (χ0) is 14.6. The fourth-order valence-corrected chi connectivity index (χ4v) is 1.89. The predicted octanol–water partition coefficient (Wildman–Crippen LogP) is 2.38. The molecule has 100 valence electrons. The van der Waals surface area contributed by atoms with Crippen molar-refractivity contribution in [2.45, 2.75) is 20.0 Å². The number of ether oxygens (including phenoxy) is 1. The molecule has 0 amide bonds. The number of aromatic hydroxyl groups is 1. The van der Waals surface area contributed by atoms with Crippen LogP contribution in [-0.4, -0.2) is 23.3 Å². The van der Waals surface area contributed by atoms with Crippen molar-refractivity contribution >= 4 is 12.0 Å². The molecule has 0 heterocycles. The van der Waals surface area contributed by atoms with Gasteiger partial charge in [-0.3, -0.25) is 0 Å². The van der Waals surface area contributed by atoms with Crippen LogP contribution in [0.3, 0.4) is 0 Å². The first-order chi connectivity index (χ1) is 8.92. The van der Waals surface area contributed by atoms with Crippen LogP contribution in [0.5, 0.6) is 5.75 Å². The van der Waals surface area contributed by atoms with Crippen molar-refractivity contribution in [1.82, 2.24) is 0 Å². The lowest BCUT2D eigenvalue weighted by Gasteiger charge is -2.18. The van der Waals surface area contributed by atoms with Crippen LogP contribution in [0.15, 0.2) is 12.1 Å². The molecule has 0 bridgehead atoms. The highest BCUT2D eigenvalue weighted by molar-refractivity contribution is 5.86. The summed E-state index contributed by atoms with van der Waals surface area (Å²) in [4.78, 5) is 10.6. The van der Waals surface area contributed by atoms with Gasteiger partial charge in [0.15, 0.2) is 0 Å². The number of carbonyl (C=O) groups is 1. The lowest BCUT2D eigenvalue weighted by atomic mass is 9.93. The van der Waals surface area contributed by atoms with Crippen molar-refractivity contribution in [2.75, 3.05) is 7.11 Å². The van der Waals surface area contributed by atoms with E-state index in [1.54, 1.807) is 13.8 Å². The summed E-state index contributed by atoms with van der Waals surface area (Å²) in [7, 11) is 1.52. The number of carboxylic acids is 1. The highest BCUT2D eigenvalue weighted by Gasteiger charge is 2.18. The molecule has 0 aromatic heterocycles. The van der Waals surface area contributed by atoms with Gasteiger partial charge in [-0.25, -0.2) is 4.79 Å². The van der Waals surface area contributed by atoms with E-state index in [1.807, 2.05) is 6.07 Å². The van der Waals surface area contributed by atoms with E-state index in [0.717, 1.165) is 6.08 Å². The minimum Gasteiger partial charge on any atom is -0.506 e. The maximum Gasteiger partial charge on any atom is 0.328 e. The van der Waals surface area contributed by atoms with E-state index < -0.39 is 5.97 Å². The van der Waals surface area contributed by atoms with E-state index in [2.05, 4.69) is 0 Å². The number of aliphatic carboxylic acids is 1. The van der Waals surface area contributed by atoms with E-state index in [4.69, 9.17) is 15.1 Å². The van der Waals surface area contributed by atoms with Gasteiger partial charge in [0.1, 0.15) is 11.8 Å². The largest absolute Gasteiger partial charge is 0.506 e. The van der Waals surface area contributed by atoms with Gasteiger partial charge in [0.2, 0.25) is 0 Å². The van der Waals surface area contributed by atoms with Gasteiger partial charge in [-0.2, -0.15) is 5.26 Å². The van der Waals surface area contributed by atoms with Crippen molar-refractivity contribution in [3.05, 3.63) is 34.4 Å². The Morgan fingerprint density at radius 1 is 1.58 bits per heavy atom. The number of hydrogen-bond acceptors (Lipinski definition) is 4. The summed E-state index contributed by atoms with van der Waals surface area (Å²) in [5, 5.41) is 27.5. The van der Waals surface area contributed by atoms with E-state index >= 15 is 0 Å². The van der Waals surface area contributed by atoms with Crippen molar-refractivity contribution < 1.29 is 19.7 Å². The molecule has 19 heavy (non-hydrogen) atoms. The van der Waals surface area contributed by atoms with Gasteiger partial charge in [-0.05, 0) is 42.7 Å². The molecule has 0 aliphatic rings. The highest BCUT2D eigenvalue weighted by Crippen LogP contribution is 2.34. The molecule has 0 aliphatic carbocycles. The number of benzene rings is 1. The molecule has 1 rings (SSSR count). The first kappa shape index (κ1) is 14.7. The topological polar surface area (TPSA) is 90.5 Å². The van der Waals surface area contributed by atoms with Crippen molar-refractivity contribution in [1.29, 1.82) is 5.26 Å². The maximum atomic E-state index is 10.6. The Hall–Kier alpha value is -2.32. The molecule has 5 nitrogen and oxygen atoms in total. The van der Waals surface area contributed by atoms with Gasteiger partial charge in [-0.1, -0.05) is 0 Å². The minimum absolute atomic E-state index is 0.103. The molecule has 1 atom stereocenters. The number of carboxylic acid groups (broad SMARTS) is 1. The van der Waals surface area contributed by atoms with E-state index in [0.29, 0.717) is 16.7 Å².